The maximum Gasteiger partial charge on any atom is 0.169 e. The average Bonchev–Trinajstić information content (AvgIpc) is 2.75. The van der Waals surface area contributed by atoms with E-state index >= 15 is 0 Å². The van der Waals surface area contributed by atoms with E-state index in [4.69, 9.17) is 10.5 Å². The third kappa shape index (κ3) is 4.71. The predicted octanol–water partition coefficient (Wildman–Crippen LogP) is 4.29. The molecule has 1 aliphatic heterocycles. The van der Waals surface area contributed by atoms with Crippen molar-refractivity contribution in [2.24, 2.45) is 0 Å². The van der Waals surface area contributed by atoms with E-state index in [1.54, 1.807) is 18.2 Å². The highest BCUT2D eigenvalue weighted by Gasteiger charge is 2.25. The standard InChI is InChI=1S/C23H23N5O2.ClH/c1-14-7-9-16(10-8-14)30-19-6-2-5-18(29)20(19)23-27-21(15-4-3-11-26-13-15)17(12-24)22(25)28-23;/h2,5-10,15,26,29H,3-4,11,13H2,1H3,(H2,25,27,28);1H. The topological polar surface area (TPSA) is 117 Å². The molecule has 3 aromatic rings. The van der Waals surface area contributed by atoms with Crippen LogP contribution in [0.5, 0.6) is 17.2 Å². The number of ether oxygens (including phenoxy) is 1. The second kappa shape index (κ2) is 9.65. The molecule has 1 unspecified atom stereocenters. The minimum atomic E-state index is -0.0172. The van der Waals surface area contributed by atoms with Gasteiger partial charge in [0, 0.05) is 12.5 Å². The smallest absolute Gasteiger partial charge is 0.169 e. The van der Waals surface area contributed by atoms with E-state index in [0.29, 0.717) is 28.3 Å². The monoisotopic (exact) mass is 437 g/mol. The van der Waals surface area contributed by atoms with Gasteiger partial charge in [-0.1, -0.05) is 23.8 Å². The molecule has 0 aliphatic carbocycles. The molecule has 0 spiro atoms. The molecule has 4 rings (SSSR count). The fourth-order valence-electron chi connectivity index (χ4n) is 3.67. The van der Waals surface area contributed by atoms with Crippen LogP contribution < -0.4 is 15.8 Å². The Morgan fingerprint density at radius 3 is 2.65 bits per heavy atom. The van der Waals surface area contributed by atoms with Crippen molar-refractivity contribution in [2.45, 2.75) is 25.7 Å². The van der Waals surface area contributed by atoms with Crippen LogP contribution in [-0.2, 0) is 0 Å². The molecule has 0 saturated carbocycles. The number of aromatic hydroxyl groups is 1. The van der Waals surface area contributed by atoms with E-state index in [2.05, 4.69) is 21.4 Å². The van der Waals surface area contributed by atoms with E-state index in [0.717, 1.165) is 31.5 Å². The number of hydrogen-bond acceptors (Lipinski definition) is 7. The highest BCUT2D eigenvalue weighted by molar-refractivity contribution is 5.85. The van der Waals surface area contributed by atoms with Gasteiger partial charge in [0.05, 0.1) is 5.69 Å². The number of halogens is 1. The number of phenols is 1. The zero-order valence-corrected chi connectivity index (χ0v) is 17.9. The van der Waals surface area contributed by atoms with Gasteiger partial charge in [-0.15, -0.1) is 12.4 Å². The number of phenolic OH excluding ortho intramolecular Hbond substituents is 1. The van der Waals surface area contributed by atoms with E-state index in [9.17, 15) is 10.4 Å². The maximum absolute atomic E-state index is 10.6. The fourth-order valence-corrected chi connectivity index (χ4v) is 3.67. The van der Waals surface area contributed by atoms with Crippen molar-refractivity contribution in [3.8, 4) is 34.7 Å². The van der Waals surface area contributed by atoms with E-state index < -0.39 is 0 Å². The van der Waals surface area contributed by atoms with Gasteiger partial charge in [-0.3, -0.25) is 0 Å². The summed E-state index contributed by atoms with van der Waals surface area (Å²) < 4.78 is 6.02. The normalized spacial score (nSPS) is 15.5. The molecule has 0 bridgehead atoms. The van der Waals surface area contributed by atoms with Gasteiger partial charge in [-0.2, -0.15) is 5.26 Å². The number of nitrogens with one attached hydrogen (secondary N) is 1. The summed E-state index contributed by atoms with van der Waals surface area (Å²) in [6.45, 7) is 3.66. The summed E-state index contributed by atoms with van der Waals surface area (Å²) in [4.78, 5) is 9.01. The molecule has 1 saturated heterocycles. The molecule has 31 heavy (non-hydrogen) atoms. The zero-order valence-electron chi connectivity index (χ0n) is 17.1. The highest BCUT2D eigenvalue weighted by Crippen LogP contribution is 2.40. The molecule has 7 nitrogen and oxygen atoms in total. The molecule has 2 aromatic carbocycles. The first kappa shape index (κ1) is 22.3. The SMILES string of the molecule is Cc1ccc(Oc2cccc(O)c2-c2nc(N)c(C#N)c(C3CCCNC3)n2)cc1.Cl. The van der Waals surface area contributed by atoms with Crippen molar-refractivity contribution in [1.82, 2.24) is 15.3 Å². The van der Waals surface area contributed by atoms with Crippen molar-refractivity contribution >= 4 is 18.2 Å². The van der Waals surface area contributed by atoms with E-state index in [-0.39, 0.29) is 35.7 Å². The van der Waals surface area contributed by atoms with Crippen LogP contribution in [0.4, 0.5) is 5.82 Å². The summed E-state index contributed by atoms with van der Waals surface area (Å²) in [5.74, 6) is 1.43. The van der Waals surface area contributed by atoms with Crippen LogP contribution in [0.2, 0.25) is 0 Å². The molecule has 0 radical (unpaired) electrons. The Bertz CT molecular complexity index is 1110. The average molecular weight is 438 g/mol. The Morgan fingerprint density at radius 1 is 1.19 bits per heavy atom. The second-order valence-corrected chi connectivity index (χ2v) is 7.41. The minimum Gasteiger partial charge on any atom is -0.507 e. The van der Waals surface area contributed by atoms with Crippen LogP contribution in [0, 0.1) is 18.3 Å². The number of rotatable bonds is 4. The predicted molar refractivity (Wildman–Crippen MR) is 122 cm³/mol. The third-order valence-corrected chi connectivity index (χ3v) is 5.24. The molecule has 1 fully saturated rings. The van der Waals surface area contributed by atoms with Crippen LogP contribution in [-0.4, -0.2) is 28.2 Å². The fraction of sp³-hybridized carbons (Fsp3) is 0.261. The van der Waals surface area contributed by atoms with Crippen LogP contribution >= 0.6 is 12.4 Å². The van der Waals surface area contributed by atoms with E-state index in [1.165, 1.54) is 0 Å². The summed E-state index contributed by atoms with van der Waals surface area (Å²) in [7, 11) is 0. The van der Waals surface area contributed by atoms with Crippen molar-refractivity contribution in [2.75, 3.05) is 18.8 Å². The minimum absolute atomic E-state index is 0. The molecule has 1 aromatic heterocycles. The first-order valence-electron chi connectivity index (χ1n) is 9.92. The van der Waals surface area contributed by atoms with Gasteiger partial charge < -0.3 is 20.9 Å². The van der Waals surface area contributed by atoms with Crippen molar-refractivity contribution in [1.29, 1.82) is 5.26 Å². The zero-order chi connectivity index (χ0) is 21.1. The lowest BCUT2D eigenvalue weighted by atomic mass is 9.93. The summed E-state index contributed by atoms with van der Waals surface area (Å²) in [5, 5.41) is 23.6. The van der Waals surface area contributed by atoms with Crippen LogP contribution in [0.1, 0.15) is 35.6 Å². The molecule has 1 atom stereocenters. The number of anilines is 1. The summed E-state index contributed by atoms with van der Waals surface area (Å²) in [5.41, 5.74) is 8.50. The molecule has 1 aliphatic rings. The molecule has 4 N–H and O–H groups in total. The van der Waals surface area contributed by atoms with Gasteiger partial charge in [-0.05, 0) is 50.6 Å². The number of aromatic nitrogens is 2. The number of benzene rings is 2. The molecular formula is C23H24ClN5O2. The van der Waals surface area contributed by atoms with Crippen LogP contribution in [0.3, 0.4) is 0 Å². The van der Waals surface area contributed by atoms with Crippen molar-refractivity contribution in [3.05, 3.63) is 59.3 Å². The summed E-state index contributed by atoms with van der Waals surface area (Å²) in [6, 6.07) is 14.7. The van der Waals surface area contributed by atoms with Gasteiger partial charge in [0.25, 0.3) is 0 Å². The Labute approximate surface area is 187 Å². The van der Waals surface area contributed by atoms with Gasteiger partial charge in [0.15, 0.2) is 5.82 Å². The van der Waals surface area contributed by atoms with Crippen LogP contribution in [0.15, 0.2) is 42.5 Å². The quantitative estimate of drug-likeness (QED) is 0.557. The largest absolute Gasteiger partial charge is 0.507 e. The first-order valence-corrected chi connectivity index (χ1v) is 9.92. The van der Waals surface area contributed by atoms with Gasteiger partial charge >= 0.3 is 0 Å². The summed E-state index contributed by atoms with van der Waals surface area (Å²) in [6.07, 6.45) is 1.90. The number of nitrogens with zero attached hydrogens (tertiary/aromatic N) is 3. The highest BCUT2D eigenvalue weighted by atomic mass is 35.5. The molecule has 2 heterocycles. The number of aryl methyl sites for hydroxylation is 1. The van der Waals surface area contributed by atoms with Gasteiger partial charge in [0.1, 0.15) is 40.3 Å². The van der Waals surface area contributed by atoms with E-state index in [1.807, 2.05) is 31.2 Å². The number of hydrogen-bond donors (Lipinski definition) is 3. The number of nitriles is 1. The third-order valence-electron chi connectivity index (χ3n) is 5.24. The van der Waals surface area contributed by atoms with Crippen molar-refractivity contribution in [3.63, 3.8) is 0 Å². The lowest BCUT2D eigenvalue weighted by Crippen LogP contribution is -2.29. The Hall–Kier alpha value is -3.34. The number of piperidine rings is 1. The number of nitrogens with two attached hydrogens (primary N) is 1. The lowest BCUT2D eigenvalue weighted by molar-refractivity contribution is 0.451. The van der Waals surface area contributed by atoms with Gasteiger partial charge in [-0.25, -0.2) is 9.97 Å². The lowest BCUT2D eigenvalue weighted by Gasteiger charge is -2.24. The first-order chi connectivity index (χ1) is 14.6. The maximum atomic E-state index is 10.6. The Balaban J connectivity index is 0.00000272. The molecule has 0 amide bonds. The number of nitrogen functional groups attached to an aromatic ring is 1. The van der Waals surface area contributed by atoms with Crippen molar-refractivity contribution < 1.29 is 9.84 Å². The molecule has 160 valence electrons. The summed E-state index contributed by atoms with van der Waals surface area (Å²) >= 11 is 0. The van der Waals surface area contributed by atoms with Crippen LogP contribution in [0.25, 0.3) is 11.4 Å². The second-order valence-electron chi connectivity index (χ2n) is 7.41. The molecule has 8 heteroatoms. The Morgan fingerprint density at radius 2 is 1.97 bits per heavy atom. The Kier molecular flexibility index (Phi) is 6.95. The van der Waals surface area contributed by atoms with Gasteiger partial charge in [0.2, 0.25) is 0 Å². The molecular weight excluding hydrogens is 414 g/mol.